The fourth-order valence-electron chi connectivity index (χ4n) is 2.59. The molecule has 2 fully saturated rings. The molecule has 2 rings (SSSR count). The van der Waals surface area contributed by atoms with Crippen molar-refractivity contribution in [1.29, 1.82) is 0 Å². The van der Waals surface area contributed by atoms with Crippen LogP contribution < -0.4 is 5.73 Å². The van der Waals surface area contributed by atoms with E-state index in [-0.39, 0.29) is 23.3 Å². The number of nitrogens with two attached hydrogens (primary N) is 1. The van der Waals surface area contributed by atoms with Gasteiger partial charge in [-0.3, -0.25) is 4.79 Å². The second-order valence-electron chi connectivity index (χ2n) is 5.58. The Balaban J connectivity index is 1.95. The van der Waals surface area contributed by atoms with Crippen molar-refractivity contribution in [1.82, 2.24) is 4.90 Å². The lowest BCUT2D eigenvalue weighted by atomic mass is 9.87. The minimum absolute atomic E-state index is 0.110. The molecule has 2 aliphatic heterocycles. The maximum absolute atomic E-state index is 12.1. The van der Waals surface area contributed by atoms with E-state index in [2.05, 4.69) is 0 Å². The average molecular weight is 226 g/mol. The van der Waals surface area contributed by atoms with Gasteiger partial charge < -0.3 is 15.4 Å². The number of carbonyl (C=O) groups excluding carboxylic acids is 1. The van der Waals surface area contributed by atoms with Crippen LogP contribution in [0.4, 0.5) is 0 Å². The highest BCUT2D eigenvalue weighted by Crippen LogP contribution is 2.38. The molecule has 1 spiro atoms. The fourth-order valence-corrected chi connectivity index (χ4v) is 2.59. The number of nitrogens with zero attached hydrogens (tertiary/aromatic N) is 1. The maximum atomic E-state index is 12.1. The molecular formula is C12H22N2O2. The van der Waals surface area contributed by atoms with E-state index >= 15 is 0 Å². The molecule has 0 saturated carbocycles. The minimum Gasteiger partial charge on any atom is -0.381 e. The number of hydrogen-bond donors (Lipinski definition) is 1. The number of carbonyl (C=O) groups is 1. The average Bonchev–Trinajstić information content (AvgIpc) is 2.87. The molecule has 2 atom stereocenters. The molecule has 0 bridgehead atoms. The van der Waals surface area contributed by atoms with Gasteiger partial charge in [-0.1, -0.05) is 13.8 Å². The summed E-state index contributed by atoms with van der Waals surface area (Å²) in [6.45, 7) is 7.33. The largest absolute Gasteiger partial charge is 0.381 e. The quantitative estimate of drug-likeness (QED) is 0.750. The molecule has 0 aliphatic carbocycles. The van der Waals surface area contributed by atoms with Crippen molar-refractivity contribution in [3.05, 3.63) is 0 Å². The van der Waals surface area contributed by atoms with Gasteiger partial charge in [0.2, 0.25) is 5.91 Å². The van der Waals surface area contributed by atoms with Crippen LogP contribution in [-0.2, 0) is 9.53 Å². The Kier molecular flexibility index (Phi) is 3.22. The Morgan fingerprint density at radius 3 is 2.75 bits per heavy atom. The molecule has 1 amide bonds. The summed E-state index contributed by atoms with van der Waals surface area (Å²) < 4.78 is 5.45. The molecular weight excluding hydrogens is 204 g/mol. The van der Waals surface area contributed by atoms with Gasteiger partial charge in [-0.25, -0.2) is 0 Å². The van der Waals surface area contributed by atoms with E-state index in [4.69, 9.17) is 10.5 Å². The molecule has 0 aromatic rings. The number of hydrogen-bond acceptors (Lipinski definition) is 3. The van der Waals surface area contributed by atoms with Gasteiger partial charge in [-0.15, -0.1) is 0 Å². The van der Waals surface area contributed by atoms with Gasteiger partial charge in [-0.05, 0) is 18.8 Å². The van der Waals surface area contributed by atoms with Crippen LogP contribution in [0.15, 0.2) is 0 Å². The summed E-state index contributed by atoms with van der Waals surface area (Å²) >= 11 is 0. The van der Waals surface area contributed by atoms with Crippen molar-refractivity contribution in [3.63, 3.8) is 0 Å². The third kappa shape index (κ3) is 2.09. The lowest BCUT2D eigenvalue weighted by Crippen LogP contribution is -2.46. The predicted octanol–water partition coefficient (Wildman–Crippen LogP) is 0.609. The molecule has 16 heavy (non-hydrogen) atoms. The molecule has 4 nitrogen and oxygen atoms in total. The molecule has 0 aromatic heterocycles. The van der Waals surface area contributed by atoms with Crippen LogP contribution in [0.3, 0.4) is 0 Å². The summed E-state index contributed by atoms with van der Waals surface area (Å²) in [5, 5.41) is 0. The van der Waals surface area contributed by atoms with Crippen molar-refractivity contribution in [2.45, 2.75) is 32.7 Å². The predicted molar refractivity (Wildman–Crippen MR) is 61.9 cm³/mol. The molecule has 0 radical (unpaired) electrons. The van der Waals surface area contributed by atoms with Crippen molar-refractivity contribution in [2.24, 2.45) is 17.1 Å². The van der Waals surface area contributed by atoms with Crippen molar-refractivity contribution >= 4 is 5.91 Å². The Hall–Kier alpha value is -0.610. The number of ether oxygens (including phenoxy) is 1. The first-order valence-electron chi connectivity index (χ1n) is 6.16. The monoisotopic (exact) mass is 226 g/mol. The van der Waals surface area contributed by atoms with Crippen molar-refractivity contribution in [2.75, 3.05) is 26.3 Å². The molecule has 0 aromatic carbocycles. The van der Waals surface area contributed by atoms with Gasteiger partial charge in [0.05, 0.1) is 12.6 Å². The topological polar surface area (TPSA) is 55.6 Å². The second kappa shape index (κ2) is 4.34. The number of rotatable bonds is 2. The summed E-state index contributed by atoms with van der Waals surface area (Å²) in [6, 6.07) is -0.350. The van der Waals surface area contributed by atoms with Crippen LogP contribution in [0.25, 0.3) is 0 Å². The standard InChI is InChI=1S/C12H22N2O2/c1-9(2)10(13)11(15)14-5-3-12(7-14)4-6-16-8-12/h9-10H,3-8,13H2,1-2H3. The number of amides is 1. The maximum Gasteiger partial charge on any atom is 0.239 e. The Morgan fingerprint density at radius 2 is 2.19 bits per heavy atom. The van der Waals surface area contributed by atoms with Crippen LogP contribution in [0.5, 0.6) is 0 Å². The van der Waals surface area contributed by atoms with E-state index in [1.54, 1.807) is 0 Å². The highest BCUT2D eigenvalue weighted by Gasteiger charge is 2.43. The Labute approximate surface area is 97.1 Å². The zero-order valence-corrected chi connectivity index (χ0v) is 10.2. The summed E-state index contributed by atoms with van der Waals surface area (Å²) in [4.78, 5) is 14.0. The molecule has 4 heteroatoms. The third-order valence-electron chi connectivity index (χ3n) is 3.94. The highest BCUT2D eigenvalue weighted by atomic mass is 16.5. The van der Waals surface area contributed by atoms with Gasteiger partial charge in [0.1, 0.15) is 0 Å². The van der Waals surface area contributed by atoms with E-state index in [0.29, 0.717) is 0 Å². The zero-order valence-electron chi connectivity index (χ0n) is 10.2. The van der Waals surface area contributed by atoms with Gasteiger partial charge >= 0.3 is 0 Å². The highest BCUT2D eigenvalue weighted by molar-refractivity contribution is 5.82. The Bertz CT molecular complexity index is 272. The smallest absolute Gasteiger partial charge is 0.239 e. The lowest BCUT2D eigenvalue weighted by molar-refractivity contribution is -0.132. The zero-order chi connectivity index (χ0) is 11.8. The summed E-state index contributed by atoms with van der Waals surface area (Å²) in [6.07, 6.45) is 2.16. The van der Waals surface area contributed by atoms with Gasteiger partial charge in [-0.2, -0.15) is 0 Å². The fraction of sp³-hybridized carbons (Fsp3) is 0.917. The minimum atomic E-state index is -0.350. The van der Waals surface area contributed by atoms with E-state index < -0.39 is 0 Å². The number of likely N-dealkylation sites (tertiary alicyclic amines) is 1. The molecule has 92 valence electrons. The van der Waals surface area contributed by atoms with Gasteiger partial charge in [0, 0.05) is 25.1 Å². The molecule has 2 N–H and O–H groups in total. The first-order valence-corrected chi connectivity index (χ1v) is 6.16. The SMILES string of the molecule is CC(C)C(N)C(=O)N1CCC2(CCOC2)C1. The van der Waals surface area contributed by atoms with Crippen LogP contribution in [0, 0.1) is 11.3 Å². The van der Waals surface area contributed by atoms with E-state index in [0.717, 1.165) is 39.1 Å². The first-order chi connectivity index (χ1) is 7.54. The van der Waals surface area contributed by atoms with Crippen molar-refractivity contribution in [3.8, 4) is 0 Å². The van der Waals surface area contributed by atoms with E-state index in [9.17, 15) is 4.79 Å². The summed E-state index contributed by atoms with van der Waals surface area (Å²) in [5.41, 5.74) is 6.15. The normalized spacial score (nSPS) is 31.6. The van der Waals surface area contributed by atoms with Crippen LogP contribution in [0.2, 0.25) is 0 Å². The first kappa shape index (κ1) is 11.9. The van der Waals surface area contributed by atoms with E-state index in [1.165, 1.54) is 0 Å². The second-order valence-corrected chi connectivity index (χ2v) is 5.58. The molecule has 2 heterocycles. The van der Waals surface area contributed by atoms with Crippen LogP contribution in [0.1, 0.15) is 26.7 Å². The van der Waals surface area contributed by atoms with Gasteiger partial charge in [0.25, 0.3) is 0 Å². The Morgan fingerprint density at radius 1 is 1.44 bits per heavy atom. The van der Waals surface area contributed by atoms with E-state index in [1.807, 2.05) is 18.7 Å². The van der Waals surface area contributed by atoms with Gasteiger partial charge in [0.15, 0.2) is 0 Å². The molecule has 2 unspecified atom stereocenters. The molecule has 2 aliphatic rings. The third-order valence-corrected chi connectivity index (χ3v) is 3.94. The summed E-state index contributed by atoms with van der Waals surface area (Å²) in [7, 11) is 0. The van der Waals surface area contributed by atoms with Crippen LogP contribution in [-0.4, -0.2) is 43.2 Å². The summed E-state index contributed by atoms with van der Waals surface area (Å²) in [5.74, 6) is 0.322. The molecule has 2 saturated heterocycles. The van der Waals surface area contributed by atoms with Crippen molar-refractivity contribution < 1.29 is 9.53 Å². The van der Waals surface area contributed by atoms with Crippen LogP contribution >= 0.6 is 0 Å². The lowest BCUT2D eigenvalue weighted by Gasteiger charge is -2.25.